The van der Waals surface area contributed by atoms with Gasteiger partial charge in [-0.25, -0.2) is 4.79 Å². The van der Waals surface area contributed by atoms with Crippen LogP contribution in [0.3, 0.4) is 0 Å². The van der Waals surface area contributed by atoms with Crippen LogP contribution in [0.5, 0.6) is 11.5 Å². The van der Waals surface area contributed by atoms with E-state index in [1.807, 2.05) is 13.0 Å². The number of fused-ring (bicyclic) bond motifs is 1. The first-order valence-electron chi connectivity index (χ1n) is 9.82. The summed E-state index contributed by atoms with van der Waals surface area (Å²) < 4.78 is 16.7. The smallest absolute Gasteiger partial charge is 0.336 e. The van der Waals surface area contributed by atoms with Gasteiger partial charge in [-0.1, -0.05) is 35.4 Å². The minimum atomic E-state index is -0.700. The van der Waals surface area contributed by atoms with Crippen LogP contribution in [0.1, 0.15) is 11.1 Å². The number of carbonyl (C=O) groups excluding carboxylic acids is 1. The Balaban J connectivity index is 1.76. The zero-order valence-corrected chi connectivity index (χ0v) is 18.2. The highest BCUT2D eigenvalue weighted by molar-refractivity contribution is 6.30. The van der Waals surface area contributed by atoms with E-state index >= 15 is 0 Å². The van der Waals surface area contributed by atoms with Crippen LogP contribution in [0, 0.1) is 6.92 Å². The number of esters is 1. The number of benzene rings is 3. The van der Waals surface area contributed by atoms with Crippen molar-refractivity contribution in [2.45, 2.75) is 6.92 Å². The number of carbonyl (C=O) groups is 1. The minimum absolute atomic E-state index is 0.168. The molecule has 160 valence electrons. The molecule has 32 heavy (non-hydrogen) atoms. The van der Waals surface area contributed by atoms with Crippen LogP contribution in [0.2, 0.25) is 5.02 Å². The van der Waals surface area contributed by atoms with Crippen LogP contribution in [0.25, 0.3) is 28.4 Å². The Morgan fingerprint density at radius 3 is 2.41 bits per heavy atom. The van der Waals surface area contributed by atoms with E-state index in [1.165, 1.54) is 6.08 Å². The molecule has 0 radical (unpaired) electrons. The maximum absolute atomic E-state index is 13.2. The largest absolute Gasteiger partial charge is 0.497 e. The van der Waals surface area contributed by atoms with E-state index in [2.05, 4.69) is 0 Å². The van der Waals surface area contributed by atoms with Gasteiger partial charge in [-0.05, 0) is 67.1 Å². The molecular weight excluding hydrogens is 428 g/mol. The second-order valence-electron chi connectivity index (χ2n) is 7.12. The van der Waals surface area contributed by atoms with Gasteiger partial charge in [0.15, 0.2) is 5.76 Å². The third kappa shape index (κ3) is 4.58. The fourth-order valence-electron chi connectivity index (χ4n) is 3.19. The molecule has 4 aromatic rings. The molecule has 3 aromatic carbocycles. The highest BCUT2D eigenvalue weighted by atomic mass is 35.5. The van der Waals surface area contributed by atoms with Crippen molar-refractivity contribution in [3.8, 4) is 22.8 Å². The van der Waals surface area contributed by atoms with E-state index in [1.54, 1.807) is 73.8 Å². The molecule has 1 aromatic heterocycles. The molecule has 0 saturated heterocycles. The van der Waals surface area contributed by atoms with Gasteiger partial charge in [0.2, 0.25) is 11.2 Å². The molecule has 0 spiro atoms. The van der Waals surface area contributed by atoms with Gasteiger partial charge in [-0.15, -0.1) is 0 Å². The van der Waals surface area contributed by atoms with Crippen LogP contribution in [0.15, 0.2) is 82.0 Å². The maximum Gasteiger partial charge on any atom is 0.336 e. The minimum Gasteiger partial charge on any atom is -0.497 e. The molecule has 1 heterocycles. The summed E-state index contributed by atoms with van der Waals surface area (Å²) in [5, 5.41) is 0.935. The van der Waals surface area contributed by atoms with Gasteiger partial charge in [0, 0.05) is 16.7 Å². The first-order valence-corrected chi connectivity index (χ1v) is 10.2. The predicted molar refractivity (Wildman–Crippen MR) is 125 cm³/mol. The molecular formula is C26H19ClO5. The van der Waals surface area contributed by atoms with Crippen LogP contribution in [-0.2, 0) is 4.79 Å². The lowest BCUT2D eigenvalue weighted by molar-refractivity contribution is -0.129. The van der Waals surface area contributed by atoms with Gasteiger partial charge in [0.05, 0.1) is 12.5 Å². The number of methoxy groups -OCH3 is 1. The Morgan fingerprint density at radius 1 is 1.00 bits per heavy atom. The van der Waals surface area contributed by atoms with Gasteiger partial charge in [0.1, 0.15) is 11.3 Å². The van der Waals surface area contributed by atoms with E-state index in [9.17, 15) is 9.59 Å². The Kier molecular flexibility index (Phi) is 6.10. The zero-order valence-electron chi connectivity index (χ0n) is 17.4. The zero-order chi connectivity index (χ0) is 22.7. The van der Waals surface area contributed by atoms with Crippen molar-refractivity contribution < 1.29 is 18.7 Å². The number of aryl methyl sites for hydroxylation is 1. The number of rotatable bonds is 5. The van der Waals surface area contributed by atoms with Crippen LogP contribution in [0.4, 0.5) is 0 Å². The fourth-order valence-corrected chi connectivity index (χ4v) is 3.32. The second-order valence-corrected chi connectivity index (χ2v) is 7.56. The molecule has 0 aliphatic carbocycles. The van der Waals surface area contributed by atoms with Crippen molar-refractivity contribution in [2.24, 2.45) is 0 Å². The van der Waals surface area contributed by atoms with Crippen molar-refractivity contribution in [3.05, 3.63) is 99.2 Å². The van der Waals surface area contributed by atoms with Crippen molar-refractivity contribution in [2.75, 3.05) is 7.11 Å². The Hall–Kier alpha value is -3.83. The normalized spacial score (nSPS) is 11.1. The van der Waals surface area contributed by atoms with Gasteiger partial charge in [-0.3, -0.25) is 4.79 Å². The van der Waals surface area contributed by atoms with Crippen molar-refractivity contribution in [1.82, 2.24) is 0 Å². The van der Waals surface area contributed by atoms with Crippen LogP contribution < -0.4 is 14.9 Å². The summed E-state index contributed by atoms with van der Waals surface area (Å²) in [5.41, 5.74) is 2.22. The first kappa shape index (κ1) is 21.4. The van der Waals surface area contributed by atoms with E-state index < -0.39 is 11.4 Å². The lowest BCUT2D eigenvalue weighted by atomic mass is 10.1. The monoisotopic (exact) mass is 446 g/mol. The van der Waals surface area contributed by atoms with E-state index in [4.69, 9.17) is 25.5 Å². The molecule has 0 N–H and O–H groups in total. The Labute approximate surface area is 189 Å². The molecule has 0 aliphatic rings. The Bertz CT molecular complexity index is 1370. The molecule has 0 bridgehead atoms. The highest BCUT2D eigenvalue weighted by Gasteiger charge is 2.20. The van der Waals surface area contributed by atoms with Gasteiger partial charge in [-0.2, -0.15) is 0 Å². The molecule has 0 fully saturated rings. The molecule has 0 amide bonds. The quantitative estimate of drug-likeness (QED) is 0.276. The number of ether oxygens (including phenoxy) is 2. The van der Waals surface area contributed by atoms with E-state index in [0.717, 1.165) is 11.1 Å². The van der Waals surface area contributed by atoms with Crippen molar-refractivity contribution in [1.29, 1.82) is 0 Å². The summed E-state index contributed by atoms with van der Waals surface area (Å²) >= 11 is 5.88. The van der Waals surface area contributed by atoms with Crippen molar-refractivity contribution >= 4 is 34.6 Å². The van der Waals surface area contributed by atoms with Crippen LogP contribution >= 0.6 is 11.6 Å². The van der Waals surface area contributed by atoms with Gasteiger partial charge >= 0.3 is 5.97 Å². The number of halogens is 1. The topological polar surface area (TPSA) is 65.7 Å². The lowest BCUT2D eigenvalue weighted by Gasteiger charge is -2.10. The summed E-state index contributed by atoms with van der Waals surface area (Å²) in [4.78, 5) is 25.8. The molecule has 6 heteroatoms. The molecule has 0 saturated carbocycles. The maximum atomic E-state index is 13.2. The van der Waals surface area contributed by atoms with E-state index in [-0.39, 0.29) is 11.5 Å². The Morgan fingerprint density at radius 2 is 1.72 bits per heavy atom. The number of hydrogen-bond donors (Lipinski definition) is 0. The average molecular weight is 447 g/mol. The number of hydrogen-bond acceptors (Lipinski definition) is 5. The van der Waals surface area contributed by atoms with Crippen LogP contribution in [-0.4, -0.2) is 13.1 Å². The SMILES string of the molecule is COc1ccc(-c2oc3ccc(C)cc3c(=O)c2OC(=O)C=Cc2ccc(Cl)cc2)cc1. The average Bonchev–Trinajstić information content (AvgIpc) is 2.81. The van der Waals surface area contributed by atoms with Gasteiger partial charge in [0.25, 0.3) is 0 Å². The molecule has 0 aliphatic heterocycles. The molecule has 5 nitrogen and oxygen atoms in total. The molecule has 0 unspecified atom stereocenters. The van der Waals surface area contributed by atoms with Crippen molar-refractivity contribution in [3.63, 3.8) is 0 Å². The molecule has 0 atom stereocenters. The summed E-state index contributed by atoms with van der Waals surface area (Å²) in [7, 11) is 1.56. The second kappa shape index (κ2) is 9.12. The first-order chi connectivity index (χ1) is 15.4. The third-order valence-corrected chi connectivity index (χ3v) is 5.09. The lowest BCUT2D eigenvalue weighted by Crippen LogP contribution is -2.14. The predicted octanol–water partition coefficient (Wildman–Crippen LogP) is 6.05. The summed E-state index contributed by atoms with van der Waals surface area (Å²) in [6.45, 7) is 1.87. The summed E-state index contributed by atoms with van der Waals surface area (Å²) in [6, 6.07) is 19.2. The summed E-state index contributed by atoms with van der Waals surface area (Å²) in [6.07, 6.45) is 2.83. The summed E-state index contributed by atoms with van der Waals surface area (Å²) in [5.74, 6) is -0.0489. The molecule has 4 rings (SSSR count). The van der Waals surface area contributed by atoms with Gasteiger partial charge < -0.3 is 13.9 Å². The third-order valence-electron chi connectivity index (χ3n) is 4.84. The van der Waals surface area contributed by atoms with E-state index in [0.29, 0.717) is 27.3 Å². The highest BCUT2D eigenvalue weighted by Crippen LogP contribution is 2.32. The standard InChI is InChI=1S/C26H19ClO5/c1-16-3-13-22-21(15-16)24(29)26(25(31-22)18-7-11-20(30-2)12-8-18)32-23(28)14-6-17-4-9-19(27)10-5-17/h3-15H,1-2H3. The fraction of sp³-hybridized carbons (Fsp3) is 0.0769.